The van der Waals surface area contributed by atoms with E-state index in [0.717, 1.165) is 6.26 Å². The second-order valence-electron chi connectivity index (χ2n) is 4.05. The normalized spacial score (nSPS) is 40.9. The van der Waals surface area contributed by atoms with E-state index in [-0.39, 0.29) is 17.6 Å². The quantitative estimate of drug-likeness (QED) is 0.636. The number of aliphatic hydroxyl groups is 2. The molecule has 1 aliphatic carbocycles. The fourth-order valence-electron chi connectivity index (χ4n) is 1.93. The maximum atomic E-state index is 11.0. The van der Waals surface area contributed by atoms with Crippen LogP contribution in [0.5, 0.6) is 0 Å². The van der Waals surface area contributed by atoms with Crippen molar-refractivity contribution in [2.45, 2.75) is 25.6 Å². The Hall–Kier alpha value is -0.130. The van der Waals surface area contributed by atoms with Crippen LogP contribution in [-0.4, -0.2) is 42.8 Å². The zero-order valence-corrected chi connectivity index (χ0v) is 8.66. The number of hydrogen-bond donors (Lipinski definition) is 2. The lowest BCUT2D eigenvalue weighted by Gasteiger charge is -2.15. The third-order valence-electron chi connectivity index (χ3n) is 2.61. The number of aliphatic hydroxyl groups excluding tert-OH is 2. The smallest absolute Gasteiger partial charge is 0.147 e. The molecule has 0 aromatic rings. The van der Waals surface area contributed by atoms with Gasteiger partial charge in [0.15, 0.2) is 0 Å². The van der Waals surface area contributed by atoms with Crippen molar-refractivity contribution in [1.29, 1.82) is 0 Å². The van der Waals surface area contributed by atoms with E-state index in [2.05, 4.69) is 0 Å². The summed E-state index contributed by atoms with van der Waals surface area (Å²) in [5.74, 6) is -0.350. The van der Waals surface area contributed by atoms with Crippen LogP contribution in [0, 0.1) is 11.8 Å². The van der Waals surface area contributed by atoms with E-state index in [1.165, 1.54) is 0 Å². The molecule has 1 aliphatic rings. The van der Waals surface area contributed by atoms with Crippen LogP contribution in [-0.2, 0) is 9.84 Å². The SMILES string of the molecule is C[C@@H]1C[C@H](CS(C)(=O)=O)[C@@H](O)[C@H]1O. The minimum Gasteiger partial charge on any atom is -0.390 e. The topological polar surface area (TPSA) is 74.6 Å². The molecule has 0 saturated heterocycles. The standard InChI is InChI=1S/C8H16O4S/c1-5-3-6(4-13(2,11)12)8(10)7(5)9/h5-10H,3-4H2,1-2H3/t5-,6-,7+,8-/m1/s1. The zero-order chi connectivity index (χ0) is 10.2. The van der Waals surface area contributed by atoms with Gasteiger partial charge in [0.1, 0.15) is 9.84 Å². The third kappa shape index (κ3) is 2.65. The Labute approximate surface area is 78.5 Å². The number of sulfone groups is 1. The van der Waals surface area contributed by atoms with E-state index < -0.39 is 22.0 Å². The Morgan fingerprint density at radius 3 is 2.15 bits per heavy atom. The lowest BCUT2D eigenvalue weighted by atomic mass is 10.1. The van der Waals surface area contributed by atoms with Crippen molar-refractivity contribution >= 4 is 9.84 Å². The van der Waals surface area contributed by atoms with Gasteiger partial charge < -0.3 is 10.2 Å². The van der Waals surface area contributed by atoms with Gasteiger partial charge in [-0.25, -0.2) is 8.42 Å². The monoisotopic (exact) mass is 208 g/mol. The zero-order valence-electron chi connectivity index (χ0n) is 7.84. The van der Waals surface area contributed by atoms with E-state index in [1.807, 2.05) is 6.92 Å². The average Bonchev–Trinajstić information content (AvgIpc) is 2.15. The van der Waals surface area contributed by atoms with Gasteiger partial charge in [-0.2, -0.15) is 0 Å². The van der Waals surface area contributed by atoms with Crippen LogP contribution < -0.4 is 0 Å². The van der Waals surface area contributed by atoms with E-state index in [9.17, 15) is 18.6 Å². The summed E-state index contributed by atoms with van der Waals surface area (Å²) in [4.78, 5) is 0. The number of hydrogen-bond acceptors (Lipinski definition) is 4. The van der Waals surface area contributed by atoms with Crippen molar-refractivity contribution in [3.63, 3.8) is 0 Å². The van der Waals surface area contributed by atoms with Crippen LogP contribution >= 0.6 is 0 Å². The number of rotatable bonds is 2. The Morgan fingerprint density at radius 1 is 1.31 bits per heavy atom. The van der Waals surface area contributed by atoms with E-state index >= 15 is 0 Å². The molecule has 0 unspecified atom stereocenters. The van der Waals surface area contributed by atoms with Crippen LogP contribution in [0.1, 0.15) is 13.3 Å². The van der Waals surface area contributed by atoms with Crippen LogP contribution in [0.3, 0.4) is 0 Å². The summed E-state index contributed by atoms with van der Waals surface area (Å²) in [6.07, 6.45) is 0.0706. The first-order valence-electron chi connectivity index (χ1n) is 4.35. The molecule has 2 N–H and O–H groups in total. The second kappa shape index (κ2) is 3.55. The molecular weight excluding hydrogens is 192 g/mol. The molecule has 5 heteroatoms. The highest BCUT2D eigenvalue weighted by atomic mass is 32.2. The molecule has 0 spiro atoms. The van der Waals surface area contributed by atoms with Crippen molar-refractivity contribution in [2.24, 2.45) is 11.8 Å². The molecule has 78 valence electrons. The molecule has 0 bridgehead atoms. The average molecular weight is 208 g/mol. The third-order valence-corrected chi connectivity index (χ3v) is 3.64. The van der Waals surface area contributed by atoms with Crippen molar-refractivity contribution in [3.8, 4) is 0 Å². The van der Waals surface area contributed by atoms with Gasteiger partial charge in [0.2, 0.25) is 0 Å². The predicted molar refractivity (Wildman–Crippen MR) is 49.0 cm³/mol. The maximum Gasteiger partial charge on any atom is 0.147 e. The summed E-state index contributed by atoms with van der Waals surface area (Å²) in [5, 5.41) is 18.9. The molecule has 0 amide bonds. The fraction of sp³-hybridized carbons (Fsp3) is 1.00. The van der Waals surface area contributed by atoms with Gasteiger partial charge in [-0.15, -0.1) is 0 Å². The van der Waals surface area contributed by atoms with Gasteiger partial charge in [-0.1, -0.05) is 6.92 Å². The van der Waals surface area contributed by atoms with E-state index in [1.54, 1.807) is 0 Å². The van der Waals surface area contributed by atoms with Crippen LogP contribution in [0.25, 0.3) is 0 Å². The van der Waals surface area contributed by atoms with Gasteiger partial charge in [-0.05, 0) is 12.3 Å². The minimum atomic E-state index is -3.06. The summed E-state index contributed by atoms with van der Waals surface area (Å²) in [6.45, 7) is 1.82. The van der Waals surface area contributed by atoms with Crippen LogP contribution in [0.2, 0.25) is 0 Å². The molecule has 1 fully saturated rings. The molecule has 4 atom stereocenters. The largest absolute Gasteiger partial charge is 0.390 e. The van der Waals surface area contributed by atoms with E-state index in [4.69, 9.17) is 0 Å². The van der Waals surface area contributed by atoms with Crippen LogP contribution in [0.15, 0.2) is 0 Å². The molecule has 0 aliphatic heterocycles. The first kappa shape index (κ1) is 10.9. The highest BCUT2D eigenvalue weighted by molar-refractivity contribution is 7.90. The highest BCUT2D eigenvalue weighted by Gasteiger charge is 2.40. The molecule has 4 nitrogen and oxygen atoms in total. The molecule has 0 aromatic heterocycles. The first-order valence-corrected chi connectivity index (χ1v) is 6.41. The van der Waals surface area contributed by atoms with Crippen molar-refractivity contribution in [2.75, 3.05) is 12.0 Å². The van der Waals surface area contributed by atoms with Gasteiger partial charge in [0.25, 0.3) is 0 Å². The minimum absolute atomic E-state index is 0.0123. The highest BCUT2D eigenvalue weighted by Crippen LogP contribution is 2.32. The maximum absolute atomic E-state index is 11.0. The molecule has 1 rings (SSSR count). The Kier molecular flexibility index (Phi) is 2.99. The molecule has 13 heavy (non-hydrogen) atoms. The van der Waals surface area contributed by atoms with Crippen molar-refractivity contribution < 1.29 is 18.6 Å². The van der Waals surface area contributed by atoms with Crippen molar-refractivity contribution in [3.05, 3.63) is 0 Å². The summed E-state index contributed by atoms with van der Waals surface area (Å²) in [6, 6.07) is 0. The lowest BCUT2D eigenvalue weighted by molar-refractivity contribution is 0.0103. The summed E-state index contributed by atoms with van der Waals surface area (Å²) in [7, 11) is -3.06. The van der Waals surface area contributed by atoms with Gasteiger partial charge >= 0.3 is 0 Å². The predicted octanol–water partition coefficient (Wildman–Crippen LogP) is -0.591. The van der Waals surface area contributed by atoms with Gasteiger partial charge in [-0.3, -0.25) is 0 Å². The lowest BCUT2D eigenvalue weighted by Crippen LogP contribution is -2.30. The summed E-state index contributed by atoms with van der Waals surface area (Å²) in [5.41, 5.74) is 0. The Bertz CT molecular complexity index is 272. The summed E-state index contributed by atoms with van der Waals surface area (Å²) < 4.78 is 21.9. The molecule has 0 heterocycles. The van der Waals surface area contributed by atoms with Crippen molar-refractivity contribution in [1.82, 2.24) is 0 Å². The molecule has 0 radical (unpaired) electrons. The second-order valence-corrected chi connectivity index (χ2v) is 6.23. The fourth-order valence-corrected chi connectivity index (χ4v) is 3.04. The molecular formula is C8H16O4S. The summed E-state index contributed by atoms with van der Waals surface area (Å²) >= 11 is 0. The molecule has 0 aromatic carbocycles. The first-order chi connectivity index (χ1) is 5.81. The van der Waals surface area contributed by atoms with E-state index in [0.29, 0.717) is 6.42 Å². The van der Waals surface area contributed by atoms with Gasteiger partial charge in [0.05, 0.1) is 18.0 Å². The Balaban J connectivity index is 2.64. The Morgan fingerprint density at radius 2 is 1.85 bits per heavy atom. The molecule has 1 saturated carbocycles. The van der Waals surface area contributed by atoms with Crippen LogP contribution in [0.4, 0.5) is 0 Å². The van der Waals surface area contributed by atoms with Gasteiger partial charge in [0, 0.05) is 12.2 Å².